The van der Waals surface area contributed by atoms with Gasteiger partial charge in [-0.1, -0.05) is 63.1 Å². The van der Waals surface area contributed by atoms with Crippen LogP contribution in [-0.2, 0) is 12.8 Å². The molecule has 0 fully saturated rings. The number of nitriles is 1. The fourth-order valence-corrected chi connectivity index (χ4v) is 3.80. The minimum Gasteiger partial charge on any atom is -0.206 e. The second-order valence-corrected chi connectivity index (χ2v) is 7.09. The van der Waals surface area contributed by atoms with Crippen LogP contribution in [0.1, 0.15) is 56.2 Å². The van der Waals surface area contributed by atoms with Crippen LogP contribution in [0.25, 0.3) is 21.9 Å². The number of benzene rings is 3. The third kappa shape index (κ3) is 3.88. The molecular weight excluding hydrogens is 333 g/mol. The quantitative estimate of drug-likeness (QED) is 0.437. The van der Waals surface area contributed by atoms with Crippen LogP contribution in [0, 0.1) is 17.1 Å². The van der Waals surface area contributed by atoms with Crippen LogP contribution in [-0.4, -0.2) is 0 Å². The molecule has 138 valence electrons. The molecule has 0 aromatic heterocycles. The molecule has 0 aliphatic heterocycles. The van der Waals surface area contributed by atoms with Gasteiger partial charge in [0, 0.05) is 10.9 Å². The SMILES string of the molecule is CCCCc1c(-c2ccc(C#N)cc2)c(F)c2ccccc2c1CCCC. The van der Waals surface area contributed by atoms with Crippen molar-refractivity contribution in [3.8, 4) is 17.2 Å². The Kier molecular flexibility index (Phi) is 6.24. The van der Waals surface area contributed by atoms with E-state index in [1.54, 1.807) is 12.1 Å². The van der Waals surface area contributed by atoms with E-state index in [-0.39, 0.29) is 5.82 Å². The molecular formula is C25H26FN. The van der Waals surface area contributed by atoms with Crippen LogP contribution in [0.4, 0.5) is 4.39 Å². The van der Waals surface area contributed by atoms with Crippen LogP contribution in [0.15, 0.2) is 48.5 Å². The largest absolute Gasteiger partial charge is 0.206 e. The van der Waals surface area contributed by atoms with Crippen LogP contribution >= 0.6 is 0 Å². The van der Waals surface area contributed by atoms with Crippen molar-refractivity contribution in [2.45, 2.75) is 52.4 Å². The summed E-state index contributed by atoms with van der Waals surface area (Å²) in [6, 6.07) is 17.3. The molecule has 0 saturated carbocycles. The summed E-state index contributed by atoms with van der Waals surface area (Å²) in [6.07, 6.45) is 6.19. The highest BCUT2D eigenvalue weighted by Crippen LogP contribution is 2.38. The van der Waals surface area contributed by atoms with Crippen LogP contribution < -0.4 is 0 Å². The maximum absolute atomic E-state index is 15.7. The van der Waals surface area contributed by atoms with Crippen molar-refractivity contribution < 1.29 is 4.39 Å². The van der Waals surface area contributed by atoms with E-state index in [1.807, 2.05) is 30.3 Å². The van der Waals surface area contributed by atoms with Gasteiger partial charge in [-0.05, 0) is 59.9 Å². The Bertz CT molecular complexity index is 964. The fourth-order valence-electron chi connectivity index (χ4n) is 3.80. The van der Waals surface area contributed by atoms with Gasteiger partial charge in [0.2, 0.25) is 0 Å². The summed E-state index contributed by atoms with van der Waals surface area (Å²) >= 11 is 0. The Labute approximate surface area is 161 Å². The van der Waals surface area contributed by atoms with Gasteiger partial charge in [-0.25, -0.2) is 4.39 Å². The second-order valence-electron chi connectivity index (χ2n) is 7.09. The van der Waals surface area contributed by atoms with Gasteiger partial charge in [0.1, 0.15) is 5.82 Å². The average Bonchev–Trinajstić information content (AvgIpc) is 2.72. The minimum absolute atomic E-state index is 0.137. The van der Waals surface area contributed by atoms with E-state index in [0.29, 0.717) is 10.9 Å². The summed E-state index contributed by atoms with van der Waals surface area (Å²) in [5.74, 6) is -0.137. The molecule has 0 radical (unpaired) electrons. The lowest BCUT2D eigenvalue weighted by Crippen LogP contribution is -2.03. The number of unbranched alkanes of at least 4 members (excludes halogenated alkanes) is 2. The molecule has 0 spiro atoms. The number of hydrogen-bond donors (Lipinski definition) is 0. The lowest BCUT2D eigenvalue weighted by atomic mass is 9.85. The molecule has 0 aliphatic rings. The van der Waals surface area contributed by atoms with E-state index in [2.05, 4.69) is 26.0 Å². The highest BCUT2D eigenvalue weighted by Gasteiger charge is 2.20. The van der Waals surface area contributed by atoms with E-state index < -0.39 is 0 Å². The van der Waals surface area contributed by atoms with Crippen molar-refractivity contribution in [3.63, 3.8) is 0 Å². The molecule has 0 saturated heterocycles. The van der Waals surface area contributed by atoms with Gasteiger partial charge >= 0.3 is 0 Å². The Morgan fingerprint density at radius 2 is 1.41 bits per heavy atom. The van der Waals surface area contributed by atoms with Crippen LogP contribution in [0.5, 0.6) is 0 Å². The van der Waals surface area contributed by atoms with Crippen LogP contribution in [0.3, 0.4) is 0 Å². The molecule has 3 rings (SSSR count). The summed E-state index contributed by atoms with van der Waals surface area (Å²) in [5.41, 5.74) is 4.62. The van der Waals surface area contributed by atoms with Gasteiger partial charge < -0.3 is 0 Å². The standard InChI is InChI=1S/C25H26FN/c1-3-5-9-20-21-11-7-8-12-23(21)25(26)24(22(20)10-6-4-2)19-15-13-18(17-27)14-16-19/h7-8,11-16H,3-6,9-10H2,1-2H3. The topological polar surface area (TPSA) is 23.8 Å². The number of fused-ring (bicyclic) bond motifs is 1. The van der Waals surface area contributed by atoms with Gasteiger partial charge in [0.15, 0.2) is 0 Å². The first-order valence-electron chi connectivity index (χ1n) is 9.93. The predicted molar refractivity (Wildman–Crippen MR) is 111 cm³/mol. The molecule has 0 N–H and O–H groups in total. The monoisotopic (exact) mass is 359 g/mol. The molecule has 0 atom stereocenters. The number of nitrogens with zero attached hydrogens (tertiary/aromatic N) is 1. The number of hydrogen-bond acceptors (Lipinski definition) is 1. The Hall–Kier alpha value is -2.66. The van der Waals surface area contributed by atoms with Crippen molar-refractivity contribution >= 4 is 10.8 Å². The van der Waals surface area contributed by atoms with Gasteiger partial charge in [-0.2, -0.15) is 5.26 Å². The molecule has 0 amide bonds. The summed E-state index contributed by atoms with van der Waals surface area (Å²) in [5, 5.41) is 10.8. The lowest BCUT2D eigenvalue weighted by molar-refractivity contribution is 0.638. The molecule has 27 heavy (non-hydrogen) atoms. The Morgan fingerprint density at radius 3 is 2.00 bits per heavy atom. The summed E-state index contributed by atoms with van der Waals surface area (Å²) in [4.78, 5) is 0. The van der Waals surface area contributed by atoms with Gasteiger partial charge in [-0.15, -0.1) is 0 Å². The first kappa shape index (κ1) is 19.1. The summed E-state index contributed by atoms with van der Waals surface area (Å²) in [7, 11) is 0. The van der Waals surface area contributed by atoms with Crippen molar-refractivity contribution in [1.29, 1.82) is 5.26 Å². The molecule has 3 aromatic carbocycles. The fraction of sp³-hybridized carbons (Fsp3) is 0.320. The maximum atomic E-state index is 15.7. The molecule has 2 heteroatoms. The number of rotatable bonds is 7. The normalized spacial score (nSPS) is 10.9. The first-order chi connectivity index (χ1) is 13.2. The van der Waals surface area contributed by atoms with E-state index >= 15 is 4.39 Å². The third-order valence-electron chi connectivity index (χ3n) is 5.24. The summed E-state index contributed by atoms with van der Waals surface area (Å²) in [6.45, 7) is 4.36. The van der Waals surface area contributed by atoms with E-state index in [4.69, 9.17) is 5.26 Å². The third-order valence-corrected chi connectivity index (χ3v) is 5.24. The molecule has 0 heterocycles. The zero-order valence-electron chi connectivity index (χ0n) is 16.2. The smallest absolute Gasteiger partial charge is 0.139 e. The lowest BCUT2D eigenvalue weighted by Gasteiger charge is -2.20. The van der Waals surface area contributed by atoms with Crippen LogP contribution in [0.2, 0.25) is 0 Å². The predicted octanol–water partition coefficient (Wildman–Crippen LogP) is 7.20. The second kappa shape index (κ2) is 8.82. The number of halogens is 1. The minimum atomic E-state index is -0.137. The van der Waals surface area contributed by atoms with Crippen molar-refractivity contribution in [2.24, 2.45) is 0 Å². The van der Waals surface area contributed by atoms with E-state index in [1.165, 1.54) is 5.56 Å². The van der Waals surface area contributed by atoms with Crippen molar-refractivity contribution in [2.75, 3.05) is 0 Å². The van der Waals surface area contributed by atoms with Gasteiger partial charge in [0.05, 0.1) is 11.6 Å². The van der Waals surface area contributed by atoms with Gasteiger partial charge in [-0.3, -0.25) is 0 Å². The average molecular weight is 359 g/mol. The Morgan fingerprint density at radius 1 is 0.815 bits per heavy atom. The van der Waals surface area contributed by atoms with Crippen molar-refractivity contribution in [1.82, 2.24) is 0 Å². The van der Waals surface area contributed by atoms with E-state index in [0.717, 1.165) is 60.6 Å². The maximum Gasteiger partial charge on any atom is 0.139 e. The zero-order valence-corrected chi connectivity index (χ0v) is 16.2. The Balaban J connectivity index is 2.31. The van der Waals surface area contributed by atoms with Crippen molar-refractivity contribution in [3.05, 3.63) is 71.0 Å². The number of aryl methyl sites for hydroxylation is 1. The molecule has 0 bridgehead atoms. The molecule has 1 nitrogen and oxygen atoms in total. The first-order valence-corrected chi connectivity index (χ1v) is 9.93. The summed E-state index contributed by atoms with van der Waals surface area (Å²) < 4.78 is 15.7. The molecule has 0 unspecified atom stereocenters. The molecule has 3 aromatic rings. The van der Waals surface area contributed by atoms with E-state index in [9.17, 15) is 0 Å². The zero-order chi connectivity index (χ0) is 19.2. The highest BCUT2D eigenvalue weighted by atomic mass is 19.1. The van der Waals surface area contributed by atoms with Gasteiger partial charge in [0.25, 0.3) is 0 Å². The highest BCUT2D eigenvalue weighted by molar-refractivity contribution is 5.93. The molecule has 0 aliphatic carbocycles.